The SMILES string of the molecule is NC(=O)c1ccc(OCc2nc3ccc(-c4cc[n+]([O-])cc4)cc3n2Cc2cc(Cl)ccc2Cl)cn1. The number of primary amides is 1. The number of aromatic nitrogens is 4. The number of hydrogen-bond donors (Lipinski definition) is 1. The van der Waals surface area contributed by atoms with E-state index in [-0.39, 0.29) is 12.3 Å². The number of ether oxygens (including phenoxy) is 1. The van der Waals surface area contributed by atoms with E-state index in [0.29, 0.717) is 28.2 Å². The zero-order chi connectivity index (χ0) is 25.2. The molecule has 3 aromatic heterocycles. The number of benzene rings is 2. The van der Waals surface area contributed by atoms with E-state index >= 15 is 0 Å². The second-order valence-corrected chi connectivity index (χ2v) is 8.88. The van der Waals surface area contributed by atoms with Crippen LogP contribution in [0.1, 0.15) is 21.9 Å². The zero-order valence-corrected chi connectivity index (χ0v) is 20.3. The number of fused-ring (bicyclic) bond motifs is 1. The van der Waals surface area contributed by atoms with Crippen LogP contribution in [0.2, 0.25) is 10.0 Å². The van der Waals surface area contributed by atoms with Gasteiger partial charge in [0.1, 0.15) is 23.9 Å². The number of nitrogens with two attached hydrogens (primary N) is 1. The minimum absolute atomic E-state index is 0.140. The molecule has 180 valence electrons. The van der Waals surface area contributed by atoms with E-state index in [2.05, 4.69) is 4.98 Å². The van der Waals surface area contributed by atoms with Crippen LogP contribution in [-0.4, -0.2) is 20.4 Å². The van der Waals surface area contributed by atoms with Crippen LogP contribution in [0, 0.1) is 5.21 Å². The molecule has 2 N–H and O–H groups in total. The van der Waals surface area contributed by atoms with E-state index < -0.39 is 5.91 Å². The molecule has 8 nitrogen and oxygen atoms in total. The van der Waals surface area contributed by atoms with Gasteiger partial charge in [-0.05, 0) is 59.2 Å². The number of amides is 1. The maximum absolute atomic E-state index is 11.5. The van der Waals surface area contributed by atoms with Gasteiger partial charge in [-0.1, -0.05) is 29.3 Å². The smallest absolute Gasteiger partial charge is 0.267 e. The van der Waals surface area contributed by atoms with Gasteiger partial charge in [-0.2, -0.15) is 4.73 Å². The summed E-state index contributed by atoms with van der Waals surface area (Å²) in [6.07, 6.45) is 4.36. The second-order valence-electron chi connectivity index (χ2n) is 8.03. The van der Waals surface area contributed by atoms with Gasteiger partial charge in [-0.3, -0.25) is 4.79 Å². The van der Waals surface area contributed by atoms with Crippen LogP contribution in [0.5, 0.6) is 5.75 Å². The lowest BCUT2D eigenvalue weighted by atomic mass is 10.1. The largest absolute Gasteiger partial charge is 0.619 e. The monoisotopic (exact) mass is 519 g/mol. The standard InChI is InChI=1S/C26H19Cl2N5O3/c27-19-2-4-21(28)18(11-19)14-33-24-12-17(16-7-9-32(35)10-8-16)1-5-22(24)31-25(33)15-36-20-3-6-23(26(29)34)30-13-20/h1-13H,14-15H2,(H2,29,34). The fourth-order valence-corrected chi connectivity index (χ4v) is 4.21. The first kappa shape index (κ1) is 23.6. The van der Waals surface area contributed by atoms with Crippen molar-refractivity contribution in [3.8, 4) is 16.9 Å². The van der Waals surface area contributed by atoms with Gasteiger partial charge < -0.3 is 20.2 Å². The maximum atomic E-state index is 11.5. The van der Waals surface area contributed by atoms with E-state index in [9.17, 15) is 10.0 Å². The summed E-state index contributed by atoms with van der Waals surface area (Å²) in [6, 6.07) is 17.9. The first-order valence-electron chi connectivity index (χ1n) is 10.9. The van der Waals surface area contributed by atoms with E-state index in [1.807, 2.05) is 28.8 Å². The fraction of sp³-hybridized carbons (Fsp3) is 0.0769. The lowest BCUT2D eigenvalue weighted by Crippen LogP contribution is -2.23. The Labute approximate surface area is 216 Å². The molecule has 0 radical (unpaired) electrons. The Morgan fingerprint density at radius 3 is 2.56 bits per heavy atom. The summed E-state index contributed by atoms with van der Waals surface area (Å²) in [4.78, 5) is 20.1. The summed E-state index contributed by atoms with van der Waals surface area (Å²) in [6.45, 7) is 0.549. The van der Waals surface area contributed by atoms with Crippen LogP contribution in [0.3, 0.4) is 0 Å². The highest BCUT2D eigenvalue weighted by atomic mass is 35.5. The molecular formula is C26H19Cl2N5O3. The Kier molecular flexibility index (Phi) is 6.45. The van der Waals surface area contributed by atoms with Crippen LogP contribution in [0.25, 0.3) is 22.2 Å². The Bertz CT molecular complexity index is 1570. The third kappa shape index (κ3) is 4.95. The van der Waals surface area contributed by atoms with Crippen molar-refractivity contribution in [2.24, 2.45) is 5.73 Å². The Morgan fingerprint density at radius 2 is 1.83 bits per heavy atom. The minimum atomic E-state index is -0.610. The van der Waals surface area contributed by atoms with Crippen molar-refractivity contribution in [3.05, 3.63) is 112 Å². The molecule has 3 heterocycles. The third-order valence-corrected chi connectivity index (χ3v) is 6.26. The highest BCUT2D eigenvalue weighted by molar-refractivity contribution is 6.33. The molecule has 0 spiro atoms. The first-order chi connectivity index (χ1) is 17.4. The molecule has 0 fully saturated rings. The van der Waals surface area contributed by atoms with Crippen molar-refractivity contribution in [1.82, 2.24) is 14.5 Å². The van der Waals surface area contributed by atoms with Gasteiger partial charge >= 0.3 is 0 Å². The molecule has 36 heavy (non-hydrogen) atoms. The molecular weight excluding hydrogens is 501 g/mol. The van der Waals surface area contributed by atoms with Crippen LogP contribution in [0.4, 0.5) is 0 Å². The molecule has 10 heteroatoms. The second kappa shape index (κ2) is 9.85. The Hall–Kier alpha value is -4.14. The van der Waals surface area contributed by atoms with E-state index in [4.69, 9.17) is 38.7 Å². The molecule has 0 aliphatic rings. The first-order valence-corrected chi connectivity index (χ1v) is 11.6. The third-order valence-electron chi connectivity index (χ3n) is 5.66. The summed E-state index contributed by atoms with van der Waals surface area (Å²) in [5.41, 5.74) is 9.70. The van der Waals surface area contributed by atoms with E-state index in [1.54, 1.807) is 30.3 Å². The zero-order valence-electron chi connectivity index (χ0n) is 18.8. The lowest BCUT2D eigenvalue weighted by molar-refractivity contribution is -0.605. The molecule has 0 atom stereocenters. The number of rotatable bonds is 7. The van der Waals surface area contributed by atoms with Gasteiger partial charge in [0, 0.05) is 22.2 Å². The van der Waals surface area contributed by atoms with Crippen molar-refractivity contribution < 1.29 is 14.3 Å². The van der Waals surface area contributed by atoms with E-state index in [1.165, 1.54) is 24.7 Å². The fourth-order valence-electron chi connectivity index (χ4n) is 3.84. The molecule has 0 saturated heterocycles. The molecule has 0 bridgehead atoms. The van der Waals surface area contributed by atoms with Crippen LogP contribution >= 0.6 is 23.2 Å². The Balaban J connectivity index is 1.54. The molecule has 0 aliphatic carbocycles. The summed E-state index contributed by atoms with van der Waals surface area (Å²) >= 11 is 12.7. The van der Waals surface area contributed by atoms with Crippen molar-refractivity contribution in [1.29, 1.82) is 0 Å². The van der Waals surface area contributed by atoms with Crippen molar-refractivity contribution >= 4 is 40.1 Å². The van der Waals surface area contributed by atoms with Crippen LogP contribution < -0.4 is 15.2 Å². The van der Waals surface area contributed by atoms with Crippen molar-refractivity contribution in [2.75, 3.05) is 0 Å². The number of halogens is 2. The highest BCUT2D eigenvalue weighted by Gasteiger charge is 2.15. The highest BCUT2D eigenvalue weighted by Crippen LogP contribution is 2.28. The van der Waals surface area contributed by atoms with Gasteiger partial charge in [0.2, 0.25) is 0 Å². The van der Waals surface area contributed by atoms with Crippen LogP contribution in [0.15, 0.2) is 79.3 Å². The predicted octanol–water partition coefficient (Wildman–Crippen LogP) is 4.76. The average molecular weight is 520 g/mol. The number of carbonyl (C=O) groups excluding carboxylic acids is 1. The predicted molar refractivity (Wildman–Crippen MR) is 137 cm³/mol. The van der Waals surface area contributed by atoms with Gasteiger partial charge in [-0.15, -0.1) is 0 Å². The number of imidazole rings is 1. The maximum Gasteiger partial charge on any atom is 0.267 e. The molecule has 2 aromatic carbocycles. The summed E-state index contributed by atoms with van der Waals surface area (Å²) in [7, 11) is 0. The average Bonchev–Trinajstić information content (AvgIpc) is 3.22. The van der Waals surface area contributed by atoms with Gasteiger partial charge in [0.15, 0.2) is 12.4 Å². The number of hydrogen-bond acceptors (Lipinski definition) is 5. The number of pyridine rings is 2. The van der Waals surface area contributed by atoms with Gasteiger partial charge in [-0.25, -0.2) is 9.97 Å². The lowest BCUT2D eigenvalue weighted by Gasteiger charge is -2.13. The van der Waals surface area contributed by atoms with Gasteiger partial charge in [0.05, 0.1) is 23.8 Å². The quantitative estimate of drug-likeness (QED) is 0.246. The summed E-state index contributed by atoms with van der Waals surface area (Å²) in [5.74, 6) is 0.513. The molecule has 5 aromatic rings. The van der Waals surface area contributed by atoms with Crippen molar-refractivity contribution in [3.63, 3.8) is 0 Å². The summed E-state index contributed by atoms with van der Waals surface area (Å²) < 4.78 is 8.68. The van der Waals surface area contributed by atoms with Crippen molar-refractivity contribution in [2.45, 2.75) is 13.2 Å². The summed E-state index contributed by atoms with van der Waals surface area (Å²) in [5, 5.41) is 12.6. The molecule has 0 unspecified atom stereocenters. The minimum Gasteiger partial charge on any atom is -0.619 e. The molecule has 1 amide bonds. The molecule has 5 rings (SSSR count). The number of nitrogens with zero attached hydrogens (tertiary/aromatic N) is 4. The van der Waals surface area contributed by atoms with E-state index in [0.717, 1.165) is 32.5 Å². The normalized spacial score (nSPS) is 11.1. The van der Waals surface area contributed by atoms with Gasteiger partial charge in [0.25, 0.3) is 5.91 Å². The molecule has 0 aliphatic heterocycles. The topological polar surface area (TPSA) is 110 Å². The molecule has 0 saturated carbocycles. The number of carbonyl (C=O) groups is 1. The van der Waals surface area contributed by atoms with Crippen LogP contribution in [-0.2, 0) is 13.2 Å². The Morgan fingerprint density at radius 1 is 1.03 bits per heavy atom.